The van der Waals surface area contributed by atoms with Crippen LogP contribution in [0.1, 0.15) is 109 Å². The molecule has 52 heavy (non-hydrogen) atoms. The van der Waals surface area contributed by atoms with Crippen molar-refractivity contribution in [3.05, 3.63) is 88.3 Å². The van der Waals surface area contributed by atoms with E-state index >= 15 is 0 Å². The maximum atomic E-state index is 13.6. The van der Waals surface area contributed by atoms with E-state index in [-0.39, 0.29) is 44.7 Å². The standard InChI is InChI=1S/C39H51ClN6O5S/c1-24-12-10-13-26-20-28(34(40)44-33(24)26)35(47)45-52(49,50)32-15-11-14-31(43-32)42-29(30-21-27(18-19-41-30)37(2,3)4)17-16-25-22-39(8,9)46(23-25)36(48)51-38(5,6)7/h10-15,18-21,25,29,35,45,47H,16-17,22-23H2,1-9H3,(H,42,43)/t25-,29?,35?/m0/s1. The average molecular weight is 751 g/mol. The van der Waals surface area contributed by atoms with Gasteiger partial charge in [-0.25, -0.2) is 23.2 Å². The Labute approximate surface area is 312 Å². The third-order valence-electron chi connectivity index (χ3n) is 9.35. The van der Waals surface area contributed by atoms with Crippen LogP contribution in [0.4, 0.5) is 10.6 Å². The van der Waals surface area contributed by atoms with Crippen molar-refractivity contribution in [1.29, 1.82) is 0 Å². The van der Waals surface area contributed by atoms with E-state index < -0.39 is 21.9 Å². The Hall–Kier alpha value is -3.84. The Balaban J connectivity index is 1.37. The van der Waals surface area contributed by atoms with Gasteiger partial charge in [0, 0.05) is 29.2 Å². The van der Waals surface area contributed by atoms with Crippen molar-refractivity contribution < 1.29 is 23.1 Å². The number of nitrogens with zero attached hydrogens (tertiary/aromatic N) is 4. The van der Waals surface area contributed by atoms with E-state index in [1.807, 2.05) is 56.9 Å². The zero-order valence-corrected chi connectivity index (χ0v) is 33.1. The van der Waals surface area contributed by atoms with E-state index in [0.29, 0.717) is 24.3 Å². The van der Waals surface area contributed by atoms with E-state index in [2.05, 4.69) is 60.7 Å². The minimum atomic E-state index is -4.30. The van der Waals surface area contributed by atoms with Crippen LogP contribution in [-0.2, 0) is 20.2 Å². The number of nitrogens with one attached hydrogen (secondary N) is 2. The van der Waals surface area contributed by atoms with Crippen LogP contribution in [0.25, 0.3) is 10.9 Å². The van der Waals surface area contributed by atoms with Crippen molar-refractivity contribution >= 4 is 44.4 Å². The summed E-state index contributed by atoms with van der Waals surface area (Å²) in [5, 5.41) is 14.9. The highest BCUT2D eigenvalue weighted by molar-refractivity contribution is 7.89. The molecule has 4 heterocycles. The van der Waals surface area contributed by atoms with E-state index in [4.69, 9.17) is 21.3 Å². The van der Waals surface area contributed by atoms with Gasteiger partial charge in [-0.2, -0.15) is 4.72 Å². The first-order valence-electron chi connectivity index (χ1n) is 17.6. The van der Waals surface area contributed by atoms with E-state index in [1.165, 1.54) is 6.07 Å². The number of aromatic nitrogens is 3. The number of aliphatic hydroxyl groups excluding tert-OH is 1. The first kappa shape index (κ1) is 39.4. The molecule has 1 fully saturated rings. The molecule has 13 heteroatoms. The molecule has 4 aromatic rings. The molecule has 3 atom stereocenters. The van der Waals surface area contributed by atoms with Crippen LogP contribution in [0.5, 0.6) is 0 Å². The maximum Gasteiger partial charge on any atom is 0.410 e. The molecule has 0 radical (unpaired) electrons. The summed E-state index contributed by atoms with van der Waals surface area (Å²) in [4.78, 5) is 28.5. The lowest BCUT2D eigenvalue weighted by Gasteiger charge is -2.33. The van der Waals surface area contributed by atoms with Crippen molar-refractivity contribution in [2.24, 2.45) is 5.92 Å². The average Bonchev–Trinajstić information content (AvgIpc) is 3.36. The van der Waals surface area contributed by atoms with E-state index in [1.54, 1.807) is 24.4 Å². The molecule has 3 N–H and O–H groups in total. The number of fused-ring (bicyclic) bond motifs is 1. The Morgan fingerprint density at radius 1 is 1.08 bits per heavy atom. The number of sulfonamides is 1. The van der Waals surface area contributed by atoms with Crippen LogP contribution in [0.3, 0.4) is 0 Å². The van der Waals surface area contributed by atoms with Crippen LogP contribution >= 0.6 is 11.6 Å². The number of ether oxygens (including phenoxy) is 1. The third-order valence-corrected chi connectivity index (χ3v) is 11.0. The largest absolute Gasteiger partial charge is 0.444 e. The zero-order valence-electron chi connectivity index (χ0n) is 31.5. The fourth-order valence-electron chi connectivity index (χ4n) is 6.65. The van der Waals surface area contributed by atoms with Crippen molar-refractivity contribution in [2.45, 2.75) is 115 Å². The summed E-state index contributed by atoms with van der Waals surface area (Å²) in [6.07, 6.45) is 2.04. The molecule has 1 saturated heterocycles. The number of likely N-dealkylation sites (tertiary alicyclic amines) is 1. The van der Waals surface area contributed by atoms with E-state index in [9.17, 15) is 18.3 Å². The second-order valence-corrected chi connectivity index (χ2v) is 18.4. The number of para-hydroxylation sites is 1. The predicted octanol–water partition coefficient (Wildman–Crippen LogP) is 8.22. The van der Waals surface area contributed by atoms with Crippen molar-refractivity contribution in [3.8, 4) is 0 Å². The number of hydrogen-bond donors (Lipinski definition) is 3. The molecule has 280 valence electrons. The number of carbonyl (C=O) groups excluding carboxylic acids is 1. The second kappa shape index (κ2) is 14.9. The summed E-state index contributed by atoms with van der Waals surface area (Å²) >= 11 is 6.40. The lowest BCUT2D eigenvalue weighted by Crippen LogP contribution is -2.45. The van der Waals surface area contributed by atoms with Gasteiger partial charge < -0.3 is 20.1 Å². The van der Waals surface area contributed by atoms with Gasteiger partial charge in [-0.3, -0.25) is 4.98 Å². The van der Waals surface area contributed by atoms with Gasteiger partial charge in [0.1, 0.15) is 22.8 Å². The molecule has 5 rings (SSSR count). The minimum Gasteiger partial charge on any atom is -0.444 e. The van der Waals surface area contributed by atoms with Crippen molar-refractivity contribution in [1.82, 2.24) is 24.6 Å². The van der Waals surface area contributed by atoms with Gasteiger partial charge in [0.15, 0.2) is 5.03 Å². The Kier molecular flexibility index (Phi) is 11.3. The fraction of sp³-hybridized carbons (Fsp3) is 0.487. The summed E-state index contributed by atoms with van der Waals surface area (Å²) in [5.41, 5.74) is 2.53. The monoisotopic (exact) mass is 750 g/mol. The predicted molar refractivity (Wildman–Crippen MR) is 205 cm³/mol. The molecular formula is C39H51ClN6O5S. The summed E-state index contributed by atoms with van der Waals surface area (Å²) in [5.74, 6) is 0.539. The fourth-order valence-corrected chi connectivity index (χ4v) is 7.91. The lowest BCUT2D eigenvalue weighted by atomic mass is 9.86. The number of aryl methyl sites for hydroxylation is 1. The molecule has 1 aromatic carbocycles. The Morgan fingerprint density at radius 3 is 2.48 bits per heavy atom. The number of aliphatic hydroxyl groups is 1. The second-order valence-electron chi connectivity index (χ2n) is 16.4. The summed E-state index contributed by atoms with van der Waals surface area (Å²) in [6, 6.07) is 15.6. The van der Waals surface area contributed by atoms with Crippen LogP contribution in [-0.4, -0.2) is 57.2 Å². The van der Waals surface area contributed by atoms with Crippen LogP contribution in [0, 0.1) is 12.8 Å². The summed E-state index contributed by atoms with van der Waals surface area (Å²) < 4.78 is 35.1. The molecule has 0 bridgehead atoms. The highest BCUT2D eigenvalue weighted by Crippen LogP contribution is 2.38. The van der Waals surface area contributed by atoms with Crippen molar-refractivity contribution in [3.63, 3.8) is 0 Å². The molecule has 3 aromatic heterocycles. The number of carbonyl (C=O) groups is 1. The number of benzene rings is 1. The van der Waals surface area contributed by atoms with Gasteiger partial charge in [0.25, 0.3) is 10.0 Å². The molecule has 1 amide bonds. The smallest absolute Gasteiger partial charge is 0.410 e. The first-order valence-corrected chi connectivity index (χ1v) is 19.5. The number of pyridine rings is 3. The SMILES string of the molecule is Cc1cccc2cc(C(O)NS(=O)(=O)c3cccc(NC(CC[C@@H]4CN(C(=O)OC(C)(C)C)C(C)(C)C4)c4cc(C(C)(C)C)ccn4)n3)c(Cl)nc12. The molecule has 0 spiro atoms. The highest BCUT2D eigenvalue weighted by Gasteiger charge is 2.43. The van der Waals surface area contributed by atoms with Gasteiger partial charge in [-0.15, -0.1) is 0 Å². The van der Waals surface area contributed by atoms with Gasteiger partial charge in [0.2, 0.25) is 0 Å². The molecule has 0 aliphatic carbocycles. The lowest BCUT2D eigenvalue weighted by molar-refractivity contribution is 0.0130. The van der Waals surface area contributed by atoms with Crippen LogP contribution < -0.4 is 10.0 Å². The normalized spacial score (nSPS) is 17.6. The number of halogens is 1. The quantitative estimate of drug-likeness (QED) is 0.108. The molecule has 0 saturated carbocycles. The number of rotatable bonds is 10. The molecule has 11 nitrogen and oxygen atoms in total. The zero-order chi connectivity index (χ0) is 38.2. The van der Waals surface area contributed by atoms with E-state index in [0.717, 1.165) is 35.0 Å². The highest BCUT2D eigenvalue weighted by atomic mass is 35.5. The summed E-state index contributed by atoms with van der Waals surface area (Å²) in [7, 11) is -4.30. The Morgan fingerprint density at radius 2 is 1.79 bits per heavy atom. The van der Waals surface area contributed by atoms with Crippen molar-refractivity contribution in [2.75, 3.05) is 11.9 Å². The first-order chi connectivity index (χ1) is 24.1. The van der Waals surface area contributed by atoms with Gasteiger partial charge >= 0.3 is 6.09 Å². The number of hydrogen-bond acceptors (Lipinski definition) is 9. The topological polar surface area (TPSA) is 147 Å². The van der Waals surface area contributed by atoms with Gasteiger partial charge in [0.05, 0.1) is 17.3 Å². The summed E-state index contributed by atoms with van der Waals surface area (Å²) in [6.45, 7) is 18.6. The van der Waals surface area contributed by atoms with Crippen LogP contribution in [0.2, 0.25) is 5.15 Å². The third kappa shape index (κ3) is 9.38. The molecule has 2 unspecified atom stereocenters. The maximum absolute atomic E-state index is 13.6. The van der Waals surface area contributed by atoms with Gasteiger partial charge in [-0.05, 0) is 114 Å². The van der Waals surface area contributed by atoms with Gasteiger partial charge in [-0.1, -0.05) is 56.6 Å². The van der Waals surface area contributed by atoms with Crippen LogP contribution in [0.15, 0.2) is 65.8 Å². The minimum absolute atomic E-state index is 0.00642. The Bertz CT molecular complexity index is 2040. The molecule has 1 aliphatic rings. The number of anilines is 1. The number of amides is 1. The molecular weight excluding hydrogens is 700 g/mol. The molecule has 1 aliphatic heterocycles.